The van der Waals surface area contributed by atoms with E-state index in [0.717, 1.165) is 6.07 Å². The maximum absolute atomic E-state index is 13.3. The van der Waals surface area contributed by atoms with Crippen LogP contribution in [0.1, 0.15) is 24.5 Å². The van der Waals surface area contributed by atoms with Crippen LogP contribution >= 0.6 is 0 Å². The Kier molecular flexibility index (Phi) is 3.91. The average molecular weight is 235 g/mol. The molecule has 5 heteroatoms. The molecule has 0 heterocycles. The molecule has 0 unspecified atom stereocenters. The molecule has 1 aromatic carbocycles. The molecule has 16 heavy (non-hydrogen) atoms. The fourth-order valence-corrected chi connectivity index (χ4v) is 1.31. The Bertz CT molecular complexity index is 357. The van der Waals surface area contributed by atoms with E-state index in [1.807, 2.05) is 0 Å². The average Bonchev–Trinajstić information content (AvgIpc) is 2.14. The van der Waals surface area contributed by atoms with Gasteiger partial charge in [-0.3, -0.25) is 0 Å². The van der Waals surface area contributed by atoms with Gasteiger partial charge in [-0.05, 0) is 37.5 Å². The van der Waals surface area contributed by atoms with Gasteiger partial charge in [0.25, 0.3) is 0 Å². The summed E-state index contributed by atoms with van der Waals surface area (Å²) >= 11 is 0. The van der Waals surface area contributed by atoms with E-state index in [1.165, 1.54) is 6.07 Å². The van der Waals surface area contributed by atoms with Crippen LogP contribution in [-0.4, -0.2) is 6.04 Å². The smallest absolute Gasteiger partial charge is 0.328 e. The summed E-state index contributed by atoms with van der Waals surface area (Å²) in [5, 5.41) is 0. The van der Waals surface area contributed by atoms with Crippen molar-refractivity contribution < 1.29 is 17.6 Å². The van der Waals surface area contributed by atoms with E-state index in [1.54, 1.807) is 6.92 Å². The number of hydrogen-bond donors (Lipinski definition) is 1. The van der Waals surface area contributed by atoms with Gasteiger partial charge in [0.05, 0.1) is 5.56 Å². The molecule has 0 aliphatic heterocycles. The fourth-order valence-electron chi connectivity index (χ4n) is 1.31. The Labute approximate surface area is 91.3 Å². The van der Waals surface area contributed by atoms with Crippen LogP contribution in [0.15, 0.2) is 18.2 Å². The lowest BCUT2D eigenvalue weighted by Gasteiger charge is -2.10. The number of rotatable bonds is 3. The number of aryl methyl sites for hydroxylation is 1. The highest BCUT2D eigenvalue weighted by molar-refractivity contribution is 5.26. The van der Waals surface area contributed by atoms with Crippen LogP contribution in [0.2, 0.25) is 0 Å². The molecule has 0 radical (unpaired) electrons. The van der Waals surface area contributed by atoms with E-state index in [-0.39, 0.29) is 11.6 Å². The van der Waals surface area contributed by atoms with E-state index in [0.29, 0.717) is 18.9 Å². The van der Waals surface area contributed by atoms with E-state index in [4.69, 9.17) is 5.73 Å². The second-order valence-corrected chi connectivity index (χ2v) is 3.82. The second kappa shape index (κ2) is 4.82. The van der Waals surface area contributed by atoms with Gasteiger partial charge >= 0.3 is 6.18 Å². The Morgan fingerprint density at radius 2 is 1.94 bits per heavy atom. The summed E-state index contributed by atoms with van der Waals surface area (Å²) in [4.78, 5) is 0. The summed E-state index contributed by atoms with van der Waals surface area (Å²) in [5.74, 6) is -0.824. The van der Waals surface area contributed by atoms with Crippen LogP contribution in [0.25, 0.3) is 0 Å². The first kappa shape index (κ1) is 13.0. The van der Waals surface area contributed by atoms with Crippen LogP contribution in [-0.2, 0) is 12.6 Å². The van der Waals surface area contributed by atoms with Crippen LogP contribution in [0.5, 0.6) is 0 Å². The van der Waals surface area contributed by atoms with Crippen molar-refractivity contribution in [2.75, 3.05) is 0 Å². The molecule has 90 valence electrons. The van der Waals surface area contributed by atoms with Crippen molar-refractivity contribution in [3.63, 3.8) is 0 Å². The molecule has 2 N–H and O–H groups in total. The van der Waals surface area contributed by atoms with Gasteiger partial charge in [0.15, 0.2) is 0 Å². The Hall–Kier alpha value is -1.10. The summed E-state index contributed by atoms with van der Waals surface area (Å²) in [6.07, 6.45) is -3.61. The fraction of sp³-hybridized carbons (Fsp3) is 0.455. The van der Waals surface area contributed by atoms with Crippen molar-refractivity contribution in [3.05, 3.63) is 35.1 Å². The van der Waals surface area contributed by atoms with Crippen molar-refractivity contribution in [2.45, 2.75) is 32.0 Å². The predicted molar refractivity (Wildman–Crippen MR) is 53.4 cm³/mol. The van der Waals surface area contributed by atoms with E-state index in [2.05, 4.69) is 0 Å². The van der Waals surface area contributed by atoms with Gasteiger partial charge in [-0.2, -0.15) is 13.2 Å². The maximum Gasteiger partial charge on any atom is 0.416 e. The van der Waals surface area contributed by atoms with Gasteiger partial charge < -0.3 is 5.73 Å². The van der Waals surface area contributed by atoms with Gasteiger partial charge in [0.2, 0.25) is 0 Å². The zero-order chi connectivity index (χ0) is 12.3. The normalized spacial score (nSPS) is 13.9. The molecule has 0 fully saturated rings. The third kappa shape index (κ3) is 3.48. The lowest BCUT2D eigenvalue weighted by Crippen LogP contribution is -2.16. The lowest BCUT2D eigenvalue weighted by atomic mass is 10.0. The minimum Gasteiger partial charge on any atom is -0.328 e. The molecule has 0 saturated carbocycles. The molecule has 0 aliphatic rings. The van der Waals surface area contributed by atoms with Crippen molar-refractivity contribution >= 4 is 0 Å². The van der Waals surface area contributed by atoms with E-state index in [9.17, 15) is 17.6 Å². The second-order valence-electron chi connectivity index (χ2n) is 3.82. The van der Waals surface area contributed by atoms with Gasteiger partial charge in [-0.1, -0.05) is 6.07 Å². The number of hydrogen-bond acceptors (Lipinski definition) is 1. The molecule has 0 aromatic heterocycles. The van der Waals surface area contributed by atoms with Crippen molar-refractivity contribution in [1.29, 1.82) is 0 Å². The molecular formula is C11H13F4N. The highest BCUT2D eigenvalue weighted by Crippen LogP contribution is 2.30. The molecule has 1 nitrogen and oxygen atoms in total. The molecule has 0 amide bonds. The van der Waals surface area contributed by atoms with Crippen LogP contribution in [0.3, 0.4) is 0 Å². The summed E-state index contributed by atoms with van der Waals surface area (Å²) in [6, 6.07) is 2.48. The molecule has 0 aliphatic carbocycles. The lowest BCUT2D eigenvalue weighted by molar-refractivity contribution is -0.137. The third-order valence-electron chi connectivity index (χ3n) is 2.25. The summed E-state index contributed by atoms with van der Waals surface area (Å²) in [5.41, 5.74) is 4.79. The SMILES string of the molecule is C[C@H](N)CCc1ccc(C(F)(F)F)cc1F. The van der Waals surface area contributed by atoms with E-state index < -0.39 is 17.6 Å². The topological polar surface area (TPSA) is 26.0 Å². The monoisotopic (exact) mass is 235 g/mol. The number of nitrogens with two attached hydrogens (primary N) is 1. The molecule has 0 bridgehead atoms. The number of halogens is 4. The molecule has 1 rings (SSSR count). The van der Waals surface area contributed by atoms with Gasteiger partial charge in [0.1, 0.15) is 5.82 Å². The first-order chi connectivity index (χ1) is 7.30. The summed E-state index contributed by atoms with van der Waals surface area (Å²) in [7, 11) is 0. The first-order valence-electron chi connectivity index (χ1n) is 4.92. The molecule has 1 atom stereocenters. The van der Waals surface area contributed by atoms with Crippen molar-refractivity contribution in [3.8, 4) is 0 Å². The zero-order valence-corrected chi connectivity index (χ0v) is 8.81. The van der Waals surface area contributed by atoms with E-state index >= 15 is 0 Å². The van der Waals surface area contributed by atoms with Crippen molar-refractivity contribution in [2.24, 2.45) is 5.73 Å². The largest absolute Gasteiger partial charge is 0.416 e. The van der Waals surface area contributed by atoms with Crippen molar-refractivity contribution in [1.82, 2.24) is 0 Å². The molecular weight excluding hydrogens is 222 g/mol. The highest BCUT2D eigenvalue weighted by Gasteiger charge is 2.31. The van der Waals surface area contributed by atoms with Crippen LogP contribution in [0.4, 0.5) is 17.6 Å². The van der Waals surface area contributed by atoms with Crippen LogP contribution < -0.4 is 5.73 Å². The molecule has 0 spiro atoms. The standard InChI is InChI=1S/C11H13F4N/c1-7(16)2-3-8-4-5-9(6-10(8)12)11(13,14)15/h4-7H,2-3,16H2,1H3/t7-/m0/s1. The molecule has 1 aromatic rings. The number of benzene rings is 1. The highest BCUT2D eigenvalue weighted by atomic mass is 19.4. The minimum atomic E-state index is -4.50. The first-order valence-corrected chi connectivity index (χ1v) is 4.92. The Balaban J connectivity index is 2.84. The summed E-state index contributed by atoms with van der Waals surface area (Å²) in [6.45, 7) is 1.77. The van der Waals surface area contributed by atoms with Gasteiger partial charge in [0, 0.05) is 6.04 Å². The minimum absolute atomic E-state index is 0.0957. The van der Waals surface area contributed by atoms with Gasteiger partial charge in [-0.15, -0.1) is 0 Å². The molecule has 0 saturated heterocycles. The maximum atomic E-state index is 13.3. The third-order valence-corrected chi connectivity index (χ3v) is 2.25. The predicted octanol–water partition coefficient (Wildman–Crippen LogP) is 3.12. The quantitative estimate of drug-likeness (QED) is 0.800. The van der Waals surface area contributed by atoms with Gasteiger partial charge in [-0.25, -0.2) is 4.39 Å². The zero-order valence-electron chi connectivity index (χ0n) is 8.81. The Morgan fingerprint density at radius 1 is 1.31 bits per heavy atom. The van der Waals surface area contributed by atoms with Crippen LogP contribution in [0, 0.1) is 5.82 Å². The number of alkyl halides is 3. The Morgan fingerprint density at radius 3 is 2.38 bits per heavy atom. The summed E-state index contributed by atoms with van der Waals surface area (Å²) < 4.78 is 50.0.